The van der Waals surface area contributed by atoms with Gasteiger partial charge in [-0.25, -0.2) is 0 Å². The van der Waals surface area contributed by atoms with Crippen molar-refractivity contribution in [2.24, 2.45) is 0 Å². The molecule has 0 heterocycles. The standard InChI is InChI=1S/C15H17N.2ClH/c1-16(15-10-6-3-7-11-15)13-12-14-8-4-2-5-9-14;;/h2-11H,12-13H2,1H3;2*1H. The Morgan fingerprint density at radius 1 is 0.778 bits per heavy atom. The number of hydrogen-bond acceptors (Lipinski definition) is 1. The molecule has 0 aliphatic carbocycles. The molecule has 0 aliphatic rings. The molecule has 0 fully saturated rings. The molecule has 2 rings (SSSR count). The molecule has 0 spiro atoms. The summed E-state index contributed by atoms with van der Waals surface area (Å²) in [7, 11) is 2.14. The van der Waals surface area contributed by atoms with Crippen molar-refractivity contribution in [1.29, 1.82) is 0 Å². The first kappa shape index (κ1) is 16.8. The Kier molecular flexibility index (Phi) is 8.27. The largest absolute Gasteiger partial charge is 0.374 e. The second kappa shape index (κ2) is 8.84. The lowest BCUT2D eigenvalue weighted by Crippen LogP contribution is -2.19. The third-order valence-corrected chi connectivity index (χ3v) is 2.78. The highest BCUT2D eigenvalue weighted by Crippen LogP contribution is 2.11. The minimum absolute atomic E-state index is 0. The van der Waals surface area contributed by atoms with E-state index in [0.717, 1.165) is 13.0 Å². The molecule has 0 atom stereocenters. The number of nitrogens with zero attached hydrogens (tertiary/aromatic N) is 1. The zero-order valence-corrected chi connectivity index (χ0v) is 12.1. The molecule has 2 aromatic rings. The summed E-state index contributed by atoms with van der Waals surface area (Å²) >= 11 is 0. The van der Waals surface area contributed by atoms with Gasteiger partial charge in [0.05, 0.1) is 0 Å². The molecule has 3 heteroatoms. The maximum Gasteiger partial charge on any atom is 0.0363 e. The lowest BCUT2D eigenvalue weighted by molar-refractivity contribution is 0.877. The van der Waals surface area contributed by atoms with E-state index in [0.29, 0.717) is 0 Å². The summed E-state index contributed by atoms with van der Waals surface area (Å²) in [6, 6.07) is 21.1. The molecule has 98 valence electrons. The van der Waals surface area contributed by atoms with E-state index in [9.17, 15) is 0 Å². The van der Waals surface area contributed by atoms with Crippen LogP contribution >= 0.6 is 24.8 Å². The van der Waals surface area contributed by atoms with Crippen LogP contribution < -0.4 is 4.90 Å². The van der Waals surface area contributed by atoms with Gasteiger partial charge in [0, 0.05) is 19.3 Å². The molecule has 18 heavy (non-hydrogen) atoms. The minimum atomic E-state index is 0. The lowest BCUT2D eigenvalue weighted by atomic mass is 10.1. The fourth-order valence-corrected chi connectivity index (χ4v) is 1.75. The maximum absolute atomic E-state index is 2.28. The Bertz CT molecular complexity index is 417. The normalized spacial score (nSPS) is 8.94. The molecule has 0 aliphatic heterocycles. The van der Waals surface area contributed by atoms with Gasteiger partial charge in [0.15, 0.2) is 0 Å². The van der Waals surface area contributed by atoms with Gasteiger partial charge in [-0.1, -0.05) is 48.5 Å². The molecule has 0 saturated carbocycles. The van der Waals surface area contributed by atoms with Crippen molar-refractivity contribution in [1.82, 2.24) is 0 Å². The zero-order chi connectivity index (χ0) is 11.2. The molecule has 0 N–H and O–H groups in total. The third kappa shape index (κ3) is 4.99. The molecular weight excluding hydrogens is 265 g/mol. The van der Waals surface area contributed by atoms with Crippen LogP contribution in [0.25, 0.3) is 0 Å². The van der Waals surface area contributed by atoms with Crippen molar-refractivity contribution in [2.45, 2.75) is 6.42 Å². The second-order valence-electron chi connectivity index (χ2n) is 3.99. The number of likely N-dealkylation sites (N-methyl/N-ethyl adjacent to an activating group) is 1. The Morgan fingerprint density at radius 2 is 1.28 bits per heavy atom. The lowest BCUT2D eigenvalue weighted by Gasteiger charge is -2.19. The van der Waals surface area contributed by atoms with Gasteiger partial charge in [0.2, 0.25) is 0 Å². The van der Waals surface area contributed by atoms with Gasteiger partial charge in [-0.15, -0.1) is 24.8 Å². The highest BCUT2D eigenvalue weighted by Gasteiger charge is 1.99. The monoisotopic (exact) mass is 283 g/mol. The van der Waals surface area contributed by atoms with E-state index in [1.54, 1.807) is 0 Å². The predicted molar refractivity (Wildman–Crippen MR) is 84.4 cm³/mol. The van der Waals surface area contributed by atoms with Crippen molar-refractivity contribution in [2.75, 3.05) is 18.5 Å². The van der Waals surface area contributed by atoms with Crippen LogP contribution in [0.2, 0.25) is 0 Å². The highest BCUT2D eigenvalue weighted by atomic mass is 35.5. The van der Waals surface area contributed by atoms with Gasteiger partial charge in [-0.3, -0.25) is 0 Å². The Morgan fingerprint density at radius 3 is 1.83 bits per heavy atom. The fourth-order valence-electron chi connectivity index (χ4n) is 1.75. The molecule has 0 bridgehead atoms. The zero-order valence-electron chi connectivity index (χ0n) is 10.5. The van der Waals surface area contributed by atoms with Crippen LogP contribution in [0.1, 0.15) is 5.56 Å². The van der Waals surface area contributed by atoms with E-state index in [1.165, 1.54) is 11.3 Å². The topological polar surface area (TPSA) is 3.24 Å². The van der Waals surface area contributed by atoms with Gasteiger partial charge in [0.1, 0.15) is 0 Å². The fraction of sp³-hybridized carbons (Fsp3) is 0.200. The molecule has 0 aromatic heterocycles. The van der Waals surface area contributed by atoms with Crippen LogP contribution in [0.15, 0.2) is 60.7 Å². The second-order valence-corrected chi connectivity index (χ2v) is 3.99. The van der Waals surface area contributed by atoms with Gasteiger partial charge in [0.25, 0.3) is 0 Å². The first-order valence-electron chi connectivity index (χ1n) is 5.66. The van der Waals surface area contributed by atoms with Crippen LogP contribution in [-0.2, 0) is 6.42 Å². The smallest absolute Gasteiger partial charge is 0.0363 e. The Balaban J connectivity index is 0.00000144. The average molecular weight is 284 g/mol. The van der Waals surface area contributed by atoms with Crippen LogP contribution in [0.4, 0.5) is 5.69 Å². The maximum atomic E-state index is 2.28. The molecule has 2 aromatic carbocycles. The molecular formula is C15H19Cl2N. The van der Waals surface area contributed by atoms with Gasteiger partial charge in [-0.2, -0.15) is 0 Å². The van der Waals surface area contributed by atoms with E-state index < -0.39 is 0 Å². The van der Waals surface area contributed by atoms with Crippen LogP contribution in [-0.4, -0.2) is 13.6 Å². The molecule has 0 saturated heterocycles. The van der Waals surface area contributed by atoms with Crippen LogP contribution in [0.3, 0.4) is 0 Å². The van der Waals surface area contributed by atoms with Crippen molar-refractivity contribution < 1.29 is 0 Å². The first-order valence-corrected chi connectivity index (χ1v) is 5.66. The molecule has 1 nitrogen and oxygen atoms in total. The summed E-state index contributed by atoms with van der Waals surface area (Å²) in [5.74, 6) is 0. The van der Waals surface area contributed by atoms with E-state index in [-0.39, 0.29) is 24.8 Å². The van der Waals surface area contributed by atoms with E-state index in [4.69, 9.17) is 0 Å². The summed E-state index contributed by atoms with van der Waals surface area (Å²) in [6.07, 6.45) is 1.09. The van der Waals surface area contributed by atoms with Gasteiger partial charge in [-0.05, 0) is 24.1 Å². The number of hydrogen-bond donors (Lipinski definition) is 0. The molecule has 0 amide bonds. The number of para-hydroxylation sites is 1. The van der Waals surface area contributed by atoms with Crippen molar-refractivity contribution in [3.63, 3.8) is 0 Å². The van der Waals surface area contributed by atoms with Crippen molar-refractivity contribution in [3.05, 3.63) is 66.2 Å². The highest BCUT2D eigenvalue weighted by molar-refractivity contribution is 5.85. The first-order chi connectivity index (χ1) is 7.86. The Hall–Kier alpha value is -1.18. The van der Waals surface area contributed by atoms with E-state index in [2.05, 4.69) is 72.6 Å². The number of anilines is 1. The van der Waals surface area contributed by atoms with E-state index in [1.807, 2.05) is 0 Å². The summed E-state index contributed by atoms with van der Waals surface area (Å²) in [6.45, 7) is 1.05. The molecule has 0 radical (unpaired) electrons. The number of halogens is 2. The Labute approximate surface area is 122 Å². The number of rotatable bonds is 4. The SMILES string of the molecule is CN(CCc1ccccc1)c1ccccc1.Cl.Cl. The minimum Gasteiger partial charge on any atom is -0.374 e. The average Bonchev–Trinajstić information content (AvgIpc) is 2.38. The number of benzene rings is 2. The summed E-state index contributed by atoms with van der Waals surface area (Å²) in [5, 5.41) is 0. The summed E-state index contributed by atoms with van der Waals surface area (Å²) in [4.78, 5) is 2.28. The molecule has 0 unspecified atom stereocenters. The summed E-state index contributed by atoms with van der Waals surface area (Å²) in [5.41, 5.74) is 2.67. The van der Waals surface area contributed by atoms with Gasteiger partial charge < -0.3 is 4.90 Å². The quantitative estimate of drug-likeness (QED) is 0.813. The van der Waals surface area contributed by atoms with E-state index >= 15 is 0 Å². The third-order valence-electron chi connectivity index (χ3n) is 2.78. The van der Waals surface area contributed by atoms with Gasteiger partial charge >= 0.3 is 0 Å². The summed E-state index contributed by atoms with van der Waals surface area (Å²) < 4.78 is 0. The van der Waals surface area contributed by atoms with Crippen LogP contribution in [0, 0.1) is 0 Å². The van der Waals surface area contributed by atoms with Crippen LogP contribution in [0.5, 0.6) is 0 Å². The van der Waals surface area contributed by atoms with Crippen molar-refractivity contribution in [3.8, 4) is 0 Å². The van der Waals surface area contributed by atoms with Crippen molar-refractivity contribution >= 4 is 30.5 Å². The predicted octanol–water partition coefficient (Wildman–Crippen LogP) is 4.21.